The van der Waals surface area contributed by atoms with Crippen LogP contribution in [0.25, 0.3) is 0 Å². The highest BCUT2D eigenvalue weighted by Crippen LogP contribution is 1.79. The third-order valence-electron chi connectivity index (χ3n) is 1.19. The van der Waals surface area contributed by atoms with Crippen LogP contribution in [0.3, 0.4) is 0 Å². The Morgan fingerprint density at radius 1 is 0.520 bits per heavy atom. The number of hydrogen-bond acceptors (Lipinski definition) is 13. The normalized spacial score (nSPS) is 7.52. The summed E-state index contributed by atoms with van der Waals surface area (Å²) in [5, 5.41) is 0. The van der Waals surface area contributed by atoms with Gasteiger partial charge in [0.1, 0.15) is 13.2 Å². The molecule has 0 aliphatic carbocycles. The van der Waals surface area contributed by atoms with Crippen molar-refractivity contribution in [3.05, 3.63) is 0 Å². The van der Waals surface area contributed by atoms with Gasteiger partial charge in [0, 0.05) is 34.6 Å². The molecule has 0 aliphatic heterocycles. The summed E-state index contributed by atoms with van der Waals surface area (Å²) < 4.78 is 8.95. The molecule has 0 aliphatic rings. The largest absolute Gasteiger partial charge is 0.462 e. The average molecular weight is 371 g/mol. The van der Waals surface area contributed by atoms with Crippen molar-refractivity contribution in [2.24, 2.45) is 17.7 Å². The van der Waals surface area contributed by atoms with Crippen molar-refractivity contribution in [1.82, 2.24) is 0 Å². The second-order valence-electron chi connectivity index (χ2n) is 3.51. The first kappa shape index (κ1) is 30.1. The quantitative estimate of drug-likeness (QED) is 0.289. The Morgan fingerprint density at radius 3 is 0.760 bits per heavy atom. The van der Waals surface area contributed by atoms with Crippen LogP contribution in [-0.2, 0) is 48.0 Å². The zero-order valence-electron chi connectivity index (χ0n) is 14.7. The minimum absolute atomic E-state index is 0.134. The lowest BCUT2D eigenvalue weighted by Gasteiger charge is -2.00. The first-order valence-electron chi connectivity index (χ1n) is 6.33. The van der Waals surface area contributed by atoms with Gasteiger partial charge in [0.05, 0.1) is 0 Å². The van der Waals surface area contributed by atoms with E-state index in [1.54, 1.807) is 0 Å². The third kappa shape index (κ3) is 75.0. The highest BCUT2D eigenvalue weighted by atomic mass is 16.7. The molecular formula is C12H25N3O10. The predicted molar refractivity (Wildman–Crippen MR) is 81.1 cm³/mol. The van der Waals surface area contributed by atoms with Crippen LogP contribution in [0, 0.1) is 0 Å². The fourth-order valence-corrected chi connectivity index (χ4v) is 0.371. The Hall–Kier alpha value is -2.77. The van der Waals surface area contributed by atoms with E-state index < -0.39 is 17.9 Å². The number of rotatable bonds is 3. The van der Waals surface area contributed by atoms with E-state index in [2.05, 4.69) is 41.7 Å². The monoisotopic (exact) mass is 371 g/mol. The molecule has 13 nitrogen and oxygen atoms in total. The van der Waals surface area contributed by atoms with E-state index in [9.17, 15) is 24.0 Å². The topological polar surface area (TPSA) is 210 Å². The maximum atomic E-state index is 10.1. The van der Waals surface area contributed by atoms with Gasteiger partial charge in [-0.25, -0.2) is 0 Å². The molecule has 0 spiro atoms. The van der Waals surface area contributed by atoms with Crippen LogP contribution < -0.4 is 17.7 Å². The van der Waals surface area contributed by atoms with Crippen molar-refractivity contribution in [3.8, 4) is 0 Å². The van der Waals surface area contributed by atoms with Crippen LogP contribution in [0.5, 0.6) is 0 Å². The molecule has 0 aromatic heterocycles. The maximum Gasteiger partial charge on any atom is 0.321 e. The first-order valence-corrected chi connectivity index (χ1v) is 6.33. The summed E-state index contributed by atoms with van der Waals surface area (Å²) in [6.45, 7) is 6.57. The van der Waals surface area contributed by atoms with Gasteiger partial charge in [0.15, 0.2) is 0 Å². The summed E-state index contributed by atoms with van der Waals surface area (Å²) in [5.74, 6) is 10.8. The van der Waals surface area contributed by atoms with Crippen LogP contribution >= 0.6 is 0 Å². The predicted octanol–water partition coefficient (Wildman–Crippen LogP) is -1.62. The molecule has 25 heavy (non-hydrogen) atoms. The number of hydrogen-bond donors (Lipinski definition) is 3. The Morgan fingerprint density at radius 2 is 0.680 bits per heavy atom. The molecule has 0 aromatic rings. The molecule has 0 fully saturated rings. The lowest BCUT2D eigenvalue weighted by atomic mass is 10.7. The summed E-state index contributed by atoms with van der Waals surface area (Å²) in [4.78, 5) is 59.5. The van der Waals surface area contributed by atoms with E-state index in [0.29, 0.717) is 0 Å². The average Bonchev–Trinajstić information content (AvgIpc) is 2.52. The SMILES string of the molecule is CC(=O)OCCOC(C)=O.CC(=O)ON.CC(=O)ON.CC(=O)ON. The van der Waals surface area contributed by atoms with Crippen LogP contribution in [0.4, 0.5) is 0 Å². The van der Waals surface area contributed by atoms with Crippen molar-refractivity contribution in [1.29, 1.82) is 0 Å². The fraction of sp³-hybridized carbons (Fsp3) is 0.583. The standard InChI is InChI=1S/C6H10O4.3C2H5NO2/c1-5(7)9-3-4-10-6(2)8;3*1-2(4)5-3/h3-4H2,1-2H3;3*3H2,1H3. The fourth-order valence-electron chi connectivity index (χ4n) is 0.371. The Labute approximate surface area is 144 Å². The van der Waals surface area contributed by atoms with Gasteiger partial charge in [0.2, 0.25) is 0 Å². The van der Waals surface area contributed by atoms with Crippen molar-refractivity contribution < 1.29 is 48.0 Å². The number of esters is 2. The van der Waals surface area contributed by atoms with Crippen LogP contribution in [-0.4, -0.2) is 43.1 Å². The van der Waals surface area contributed by atoms with Gasteiger partial charge in [-0.15, -0.1) is 0 Å². The molecule has 0 atom stereocenters. The summed E-state index contributed by atoms with van der Waals surface area (Å²) in [7, 11) is 0. The number of nitrogens with two attached hydrogens (primary N) is 3. The molecule has 0 rings (SSSR count). The molecule has 6 N–H and O–H groups in total. The number of ether oxygens (including phenoxy) is 2. The highest BCUT2D eigenvalue weighted by molar-refractivity contribution is 5.67. The summed E-state index contributed by atoms with van der Waals surface area (Å²) in [5.41, 5.74) is 0. The van der Waals surface area contributed by atoms with Crippen LogP contribution in [0.2, 0.25) is 0 Å². The lowest BCUT2D eigenvalue weighted by Crippen LogP contribution is -2.09. The zero-order valence-corrected chi connectivity index (χ0v) is 14.7. The van der Waals surface area contributed by atoms with Crippen molar-refractivity contribution in [3.63, 3.8) is 0 Å². The van der Waals surface area contributed by atoms with Crippen molar-refractivity contribution in [2.45, 2.75) is 34.6 Å². The molecule has 0 bridgehead atoms. The zero-order chi connectivity index (χ0) is 20.8. The van der Waals surface area contributed by atoms with Crippen LogP contribution in [0.1, 0.15) is 34.6 Å². The Kier molecular flexibility index (Phi) is 28.3. The highest BCUT2D eigenvalue weighted by Gasteiger charge is 1.94. The van der Waals surface area contributed by atoms with Gasteiger partial charge >= 0.3 is 29.8 Å². The number of carbonyl (C=O) groups excluding carboxylic acids is 5. The van der Waals surface area contributed by atoms with E-state index in [1.165, 1.54) is 34.6 Å². The van der Waals surface area contributed by atoms with Gasteiger partial charge in [-0.3, -0.25) is 24.0 Å². The third-order valence-corrected chi connectivity index (χ3v) is 1.19. The van der Waals surface area contributed by atoms with Gasteiger partial charge in [0.25, 0.3) is 0 Å². The van der Waals surface area contributed by atoms with Gasteiger partial charge in [-0.1, -0.05) is 0 Å². The molecule has 0 unspecified atom stereocenters. The van der Waals surface area contributed by atoms with E-state index in [0.717, 1.165) is 0 Å². The number of carbonyl (C=O) groups is 5. The second-order valence-corrected chi connectivity index (χ2v) is 3.51. The van der Waals surface area contributed by atoms with E-state index >= 15 is 0 Å². The Bertz CT molecular complexity index is 351. The molecule has 0 radical (unpaired) electrons. The van der Waals surface area contributed by atoms with Gasteiger partial charge < -0.3 is 24.0 Å². The van der Waals surface area contributed by atoms with E-state index in [4.69, 9.17) is 0 Å². The van der Waals surface area contributed by atoms with E-state index in [-0.39, 0.29) is 25.2 Å². The summed E-state index contributed by atoms with van der Waals surface area (Å²) in [6, 6.07) is 0. The Balaban J connectivity index is -0.000000126. The second kappa shape index (κ2) is 23.5. The molecular weight excluding hydrogens is 346 g/mol. The van der Waals surface area contributed by atoms with Gasteiger partial charge in [-0.2, -0.15) is 17.7 Å². The molecule has 0 saturated heterocycles. The lowest BCUT2D eigenvalue weighted by molar-refractivity contribution is -0.149. The summed E-state index contributed by atoms with van der Waals surface area (Å²) in [6.07, 6.45) is 0. The van der Waals surface area contributed by atoms with Gasteiger partial charge in [-0.05, 0) is 0 Å². The molecule has 0 amide bonds. The van der Waals surface area contributed by atoms with E-state index in [1.807, 2.05) is 0 Å². The molecule has 148 valence electrons. The smallest absolute Gasteiger partial charge is 0.321 e. The minimum Gasteiger partial charge on any atom is -0.462 e. The summed E-state index contributed by atoms with van der Waals surface area (Å²) >= 11 is 0. The maximum absolute atomic E-state index is 10.1. The molecule has 0 aromatic carbocycles. The minimum atomic E-state index is -0.468. The van der Waals surface area contributed by atoms with Crippen molar-refractivity contribution >= 4 is 29.8 Å². The first-order chi connectivity index (χ1) is 11.4. The van der Waals surface area contributed by atoms with Crippen LogP contribution in [0.15, 0.2) is 0 Å². The van der Waals surface area contributed by atoms with Crippen molar-refractivity contribution in [2.75, 3.05) is 13.2 Å². The molecule has 13 heteroatoms. The molecule has 0 heterocycles. The molecule has 0 saturated carbocycles.